The van der Waals surface area contributed by atoms with Crippen LogP contribution in [0.1, 0.15) is 0 Å². The molecule has 1 aliphatic heterocycles. The molecule has 0 saturated heterocycles. The van der Waals surface area contributed by atoms with E-state index in [1.807, 2.05) is 7.05 Å². The normalized spacial score (nSPS) is 13.6. The number of hydrogen-bond acceptors (Lipinski definition) is 4. The van der Waals surface area contributed by atoms with Gasteiger partial charge in [-0.3, -0.25) is 15.2 Å². The fourth-order valence-corrected chi connectivity index (χ4v) is 3.18. The van der Waals surface area contributed by atoms with E-state index in [0.717, 1.165) is 17.5 Å². The van der Waals surface area contributed by atoms with E-state index in [9.17, 15) is 4.79 Å². The molecule has 1 aliphatic rings. The van der Waals surface area contributed by atoms with Crippen LogP contribution in [0, 0.1) is 0 Å². The third-order valence-electron chi connectivity index (χ3n) is 2.86. The summed E-state index contributed by atoms with van der Waals surface area (Å²) in [6.07, 6.45) is -0.508. The molecule has 2 rings (SSSR count). The van der Waals surface area contributed by atoms with E-state index in [2.05, 4.69) is 15.2 Å². The molecule has 1 aromatic rings. The lowest BCUT2D eigenvalue weighted by Gasteiger charge is -2.08. The summed E-state index contributed by atoms with van der Waals surface area (Å²) in [5, 5.41) is 7.68. The van der Waals surface area contributed by atoms with Crippen molar-refractivity contribution < 1.29 is 26.5 Å². The third-order valence-corrected chi connectivity index (χ3v) is 4.72. The largest absolute Gasteiger partial charge is 1.00 e. The first-order valence-electron chi connectivity index (χ1n) is 6.41. The van der Waals surface area contributed by atoms with Crippen LogP contribution >= 0.6 is 35.0 Å². The summed E-state index contributed by atoms with van der Waals surface area (Å²) in [4.78, 5) is 11.7. The fourth-order valence-electron chi connectivity index (χ4n) is 1.87. The average Bonchev–Trinajstić information content (AvgIpc) is 2.90. The highest BCUT2D eigenvalue weighted by atomic mass is 35.5. The summed E-state index contributed by atoms with van der Waals surface area (Å²) in [6, 6.07) is 4.86. The number of hydrogen-bond donors (Lipinski definition) is 2. The number of carbonyl (C=O) groups excluding carboxylic acids is 1. The van der Waals surface area contributed by atoms with E-state index in [1.54, 1.807) is 30.0 Å². The Balaban J connectivity index is 0.00000242. The zero-order valence-electron chi connectivity index (χ0n) is 11.9. The van der Waals surface area contributed by atoms with Crippen molar-refractivity contribution >= 4 is 51.9 Å². The van der Waals surface area contributed by atoms with Gasteiger partial charge in [0.2, 0.25) is 0 Å². The summed E-state index contributed by atoms with van der Waals surface area (Å²) in [6.45, 7) is 1.94. The second-order valence-corrected chi connectivity index (χ2v) is 6.18. The molecule has 1 heterocycles. The van der Waals surface area contributed by atoms with Gasteiger partial charge >= 0.3 is 11.3 Å². The molecule has 0 aliphatic carbocycles. The number of halogens is 3. The maximum atomic E-state index is 11.7. The lowest BCUT2D eigenvalue weighted by Crippen LogP contribution is -3.00. The van der Waals surface area contributed by atoms with Crippen molar-refractivity contribution in [1.29, 1.82) is 0 Å². The molecule has 0 atom stereocenters. The second kappa shape index (κ2) is 9.35. The molecule has 0 radical (unpaired) electrons. The zero-order valence-corrected chi connectivity index (χ0v) is 15.0. The minimum atomic E-state index is -0.508. The van der Waals surface area contributed by atoms with Crippen LogP contribution in [0.4, 0.5) is 10.5 Å². The van der Waals surface area contributed by atoms with E-state index in [4.69, 9.17) is 27.9 Å². The van der Waals surface area contributed by atoms with E-state index < -0.39 is 6.09 Å². The molecule has 1 amide bonds. The Hall–Kier alpha value is -0.820. The molecule has 1 aromatic carbocycles. The Morgan fingerprint density at radius 3 is 2.86 bits per heavy atom. The van der Waals surface area contributed by atoms with E-state index in [-0.39, 0.29) is 12.4 Å². The third kappa shape index (κ3) is 5.43. The summed E-state index contributed by atoms with van der Waals surface area (Å²) >= 11 is 13.4. The van der Waals surface area contributed by atoms with Gasteiger partial charge in [-0.05, 0) is 30.0 Å². The first-order valence-corrected chi connectivity index (χ1v) is 8.15. The lowest BCUT2D eigenvalue weighted by atomic mass is 10.3. The molecule has 0 fully saturated rings. The number of nitrogens with one attached hydrogen (secondary N) is 2. The van der Waals surface area contributed by atoms with Gasteiger partial charge in [0.15, 0.2) is 0 Å². The summed E-state index contributed by atoms with van der Waals surface area (Å²) in [5.41, 5.74) is 0.550. The predicted octanol–water partition coefficient (Wildman–Crippen LogP) is -0.119. The van der Waals surface area contributed by atoms with Crippen LogP contribution in [-0.4, -0.2) is 48.3 Å². The van der Waals surface area contributed by atoms with E-state index in [1.165, 1.54) is 0 Å². The Labute approximate surface area is 149 Å². The first kappa shape index (κ1) is 19.2. The Morgan fingerprint density at radius 1 is 1.41 bits per heavy atom. The van der Waals surface area contributed by atoms with Gasteiger partial charge < -0.3 is 17.1 Å². The molecule has 0 unspecified atom stereocenters. The molecule has 0 spiro atoms. The number of carbonyl (C=O) groups is 1. The number of rotatable bonds is 4. The predicted molar refractivity (Wildman–Crippen MR) is 88.0 cm³/mol. The molecule has 0 aromatic heterocycles. The van der Waals surface area contributed by atoms with Crippen molar-refractivity contribution in [2.75, 3.05) is 37.8 Å². The van der Waals surface area contributed by atoms with Crippen LogP contribution in [0.25, 0.3) is 0 Å². The van der Waals surface area contributed by atoms with Crippen LogP contribution in [0.2, 0.25) is 10.0 Å². The van der Waals surface area contributed by atoms with Gasteiger partial charge in [0, 0.05) is 11.4 Å². The topological polar surface area (TPSA) is 53.4 Å². The Bertz CT molecular complexity index is 569. The van der Waals surface area contributed by atoms with Gasteiger partial charge in [0.05, 0.1) is 23.6 Å². The lowest BCUT2D eigenvalue weighted by molar-refractivity contribution is -0.521. The number of amidine groups is 1. The van der Waals surface area contributed by atoms with Crippen molar-refractivity contribution in [2.45, 2.75) is 0 Å². The number of amides is 1. The molecule has 122 valence electrons. The molecule has 5 nitrogen and oxygen atoms in total. The van der Waals surface area contributed by atoms with Crippen LogP contribution in [-0.2, 0) is 4.74 Å². The van der Waals surface area contributed by atoms with Gasteiger partial charge in [0.25, 0.3) is 0 Å². The molecule has 22 heavy (non-hydrogen) atoms. The number of thioether (sulfide) groups is 1. The molecule has 9 heteroatoms. The van der Waals surface area contributed by atoms with Crippen LogP contribution in [0.3, 0.4) is 0 Å². The van der Waals surface area contributed by atoms with Crippen LogP contribution in [0.5, 0.6) is 0 Å². The Morgan fingerprint density at radius 2 is 2.18 bits per heavy atom. The number of nitrogens with zero attached hydrogens (tertiary/aromatic N) is 1. The maximum Gasteiger partial charge on any atom is 0.411 e. The smallest absolute Gasteiger partial charge is 0.411 e. The van der Waals surface area contributed by atoms with E-state index in [0.29, 0.717) is 28.9 Å². The molecular weight excluding hydrogens is 369 g/mol. The number of anilines is 1. The Kier molecular flexibility index (Phi) is 8.17. The minimum absolute atomic E-state index is 0. The molecule has 0 bridgehead atoms. The molecule has 2 N–H and O–H groups in total. The van der Waals surface area contributed by atoms with Crippen LogP contribution in [0.15, 0.2) is 18.2 Å². The molecular formula is C13H16Cl3N3O2S. The highest BCUT2D eigenvalue weighted by molar-refractivity contribution is 8.13. The van der Waals surface area contributed by atoms with Crippen LogP contribution < -0.4 is 23.0 Å². The van der Waals surface area contributed by atoms with Gasteiger partial charge in [-0.15, -0.1) is 0 Å². The van der Waals surface area contributed by atoms with Gasteiger partial charge in [-0.2, -0.15) is 0 Å². The van der Waals surface area contributed by atoms with Crippen molar-refractivity contribution in [3.05, 3.63) is 28.2 Å². The van der Waals surface area contributed by atoms with Crippen molar-refractivity contribution in [1.82, 2.24) is 5.32 Å². The highest BCUT2D eigenvalue weighted by Crippen LogP contribution is 2.25. The van der Waals surface area contributed by atoms with Crippen molar-refractivity contribution in [3.8, 4) is 0 Å². The minimum Gasteiger partial charge on any atom is -1.00 e. The quantitative estimate of drug-likeness (QED) is 0.711. The second-order valence-electron chi connectivity index (χ2n) is 4.28. The first-order chi connectivity index (χ1) is 10.1. The maximum absolute atomic E-state index is 11.7. The average molecular weight is 385 g/mol. The van der Waals surface area contributed by atoms with E-state index >= 15 is 0 Å². The number of ether oxygens (including phenoxy) is 1. The van der Waals surface area contributed by atoms with Gasteiger partial charge in [-0.25, -0.2) is 4.79 Å². The van der Waals surface area contributed by atoms with Crippen molar-refractivity contribution in [3.63, 3.8) is 0 Å². The van der Waals surface area contributed by atoms with Crippen molar-refractivity contribution in [2.24, 2.45) is 0 Å². The SMILES string of the molecule is CNC1=[N+](CCOC(=O)Nc2ccc(Cl)c(Cl)c2)CCS1.[Cl-]. The monoisotopic (exact) mass is 383 g/mol. The highest BCUT2D eigenvalue weighted by Gasteiger charge is 2.19. The number of benzene rings is 1. The summed E-state index contributed by atoms with van der Waals surface area (Å²) < 4.78 is 7.30. The van der Waals surface area contributed by atoms with Gasteiger partial charge in [-0.1, -0.05) is 23.2 Å². The summed E-state index contributed by atoms with van der Waals surface area (Å²) in [7, 11) is 1.89. The summed E-state index contributed by atoms with van der Waals surface area (Å²) in [5.74, 6) is 1.05. The molecule has 0 saturated carbocycles. The zero-order chi connectivity index (χ0) is 15.2. The van der Waals surface area contributed by atoms with Gasteiger partial charge in [0.1, 0.15) is 13.2 Å². The standard InChI is InChI=1S/C13H15Cl2N3O2S.ClH/c1-16-12-18(5-7-21-12)4-6-20-13(19)17-9-2-3-10(14)11(15)8-9;/h2-3,8H,4-7H2,1H3,(H,17,19);1H. The fraction of sp³-hybridized carbons (Fsp3) is 0.385.